The van der Waals surface area contributed by atoms with Crippen molar-refractivity contribution < 1.29 is 0 Å². The molecule has 4 nitrogen and oxygen atoms in total. The zero-order valence-corrected chi connectivity index (χ0v) is 12.8. The molecule has 3 rings (SSSR count). The average molecular weight is 276 g/mol. The standard InChI is InChI=1S/C16H28N4/c1-2-14-13-20(15-7-4-3-5-8-15)16(18-14)19-11-6-9-17-10-12-19/h13,15,17H,2-12H2,1H3. The summed E-state index contributed by atoms with van der Waals surface area (Å²) in [5.74, 6) is 1.23. The van der Waals surface area contributed by atoms with Crippen LogP contribution >= 0.6 is 0 Å². The first-order chi connectivity index (χ1) is 9.88. The van der Waals surface area contributed by atoms with E-state index in [0.717, 1.165) is 32.6 Å². The summed E-state index contributed by atoms with van der Waals surface area (Å²) >= 11 is 0. The lowest BCUT2D eigenvalue weighted by atomic mass is 9.95. The molecule has 0 amide bonds. The van der Waals surface area contributed by atoms with E-state index in [1.54, 1.807) is 0 Å². The minimum absolute atomic E-state index is 0.683. The fraction of sp³-hybridized carbons (Fsp3) is 0.812. The van der Waals surface area contributed by atoms with Crippen molar-refractivity contribution in [3.05, 3.63) is 11.9 Å². The largest absolute Gasteiger partial charge is 0.341 e. The highest BCUT2D eigenvalue weighted by Crippen LogP contribution is 2.32. The second kappa shape index (κ2) is 6.61. The van der Waals surface area contributed by atoms with E-state index in [1.165, 1.54) is 50.2 Å². The average Bonchev–Trinajstić information content (AvgIpc) is 2.75. The number of anilines is 1. The Hall–Kier alpha value is -1.03. The number of hydrogen-bond acceptors (Lipinski definition) is 3. The summed E-state index contributed by atoms with van der Waals surface area (Å²) in [4.78, 5) is 7.42. The molecule has 1 N–H and O–H groups in total. The first-order valence-electron chi connectivity index (χ1n) is 8.42. The molecule has 1 aromatic rings. The highest BCUT2D eigenvalue weighted by Gasteiger charge is 2.22. The summed E-state index contributed by atoms with van der Waals surface area (Å²) < 4.78 is 2.50. The fourth-order valence-electron chi connectivity index (χ4n) is 3.51. The van der Waals surface area contributed by atoms with Gasteiger partial charge in [-0.15, -0.1) is 0 Å². The Labute approximate surface area is 122 Å². The third-order valence-corrected chi connectivity index (χ3v) is 4.72. The number of aryl methyl sites for hydroxylation is 1. The topological polar surface area (TPSA) is 33.1 Å². The predicted molar refractivity (Wildman–Crippen MR) is 83.4 cm³/mol. The normalized spacial score (nSPS) is 21.9. The molecule has 0 atom stereocenters. The van der Waals surface area contributed by atoms with Gasteiger partial charge in [-0.1, -0.05) is 26.2 Å². The van der Waals surface area contributed by atoms with E-state index in [-0.39, 0.29) is 0 Å². The van der Waals surface area contributed by atoms with Crippen molar-refractivity contribution in [2.45, 2.75) is 57.9 Å². The summed E-state index contributed by atoms with van der Waals surface area (Å²) in [5.41, 5.74) is 1.25. The highest BCUT2D eigenvalue weighted by molar-refractivity contribution is 5.35. The Morgan fingerprint density at radius 2 is 2.00 bits per heavy atom. The molecule has 0 aromatic carbocycles. The number of aromatic nitrogens is 2. The molecule has 2 fully saturated rings. The number of hydrogen-bond donors (Lipinski definition) is 1. The van der Waals surface area contributed by atoms with Gasteiger partial charge in [0, 0.05) is 31.9 Å². The van der Waals surface area contributed by atoms with Crippen LogP contribution in [-0.2, 0) is 6.42 Å². The van der Waals surface area contributed by atoms with Crippen molar-refractivity contribution in [1.29, 1.82) is 0 Å². The maximum atomic E-state index is 4.93. The lowest BCUT2D eigenvalue weighted by Gasteiger charge is -2.29. The van der Waals surface area contributed by atoms with Crippen LogP contribution in [0.1, 0.15) is 57.2 Å². The number of nitrogens with one attached hydrogen (secondary N) is 1. The molecule has 0 unspecified atom stereocenters. The van der Waals surface area contributed by atoms with Crippen LogP contribution < -0.4 is 10.2 Å². The molecule has 4 heteroatoms. The van der Waals surface area contributed by atoms with Crippen LogP contribution in [0.5, 0.6) is 0 Å². The molecule has 0 bridgehead atoms. The van der Waals surface area contributed by atoms with Gasteiger partial charge in [0.15, 0.2) is 0 Å². The van der Waals surface area contributed by atoms with Crippen molar-refractivity contribution in [1.82, 2.24) is 14.9 Å². The smallest absolute Gasteiger partial charge is 0.206 e. The van der Waals surface area contributed by atoms with Crippen molar-refractivity contribution in [3.8, 4) is 0 Å². The van der Waals surface area contributed by atoms with Crippen LogP contribution in [0.3, 0.4) is 0 Å². The molecule has 1 saturated heterocycles. The summed E-state index contributed by atoms with van der Waals surface area (Å²) in [6, 6.07) is 0.683. The zero-order chi connectivity index (χ0) is 13.8. The molecule has 1 aliphatic heterocycles. The second-order valence-electron chi connectivity index (χ2n) is 6.18. The Balaban J connectivity index is 1.85. The quantitative estimate of drug-likeness (QED) is 0.921. The van der Waals surface area contributed by atoms with Crippen molar-refractivity contribution >= 4 is 5.95 Å². The van der Waals surface area contributed by atoms with Crippen LogP contribution in [0, 0.1) is 0 Å². The summed E-state index contributed by atoms with van der Waals surface area (Å²) in [5, 5.41) is 3.49. The third kappa shape index (κ3) is 3.00. The molecule has 112 valence electrons. The molecule has 1 saturated carbocycles. The Bertz CT molecular complexity index is 412. The maximum Gasteiger partial charge on any atom is 0.206 e. The first-order valence-corrected chi connectivity index (χ1v) is 8.42. The van der Waals surface area contributed by atoms with Gasteiger partial charge in [-0.05, 0) is 32.2 Å². The number of imidazole rings is 1. The highest BCUT2D eigenvalue weighted by atomic mass is 15.3. The van der Waals surface area contributed by atoms with Gasteiger partial charge < -0.3 is 14.8 Å². The maximum absolute atomic E-state index is 4.93. The molecule has 0 radical (unpaired) electrons. The molecule has 1 aliphatic carbocycles. The molecule has 2 aliphatic rings. The van der Waals surface area contributed by atoms with E-state index in [4.69, 9.17) is 4.98 Å². The van der Waals surface area contributed by atoms with Gasteiger partial charge in [0.1, 0.15) is 0 Å². The van der Waals surface area contributed by atoms with E-state index in [1.807, 2.05) is 0 Å². The lowest BCUT2D eigenvalue weighted by Crippen LogP contribution is -2.31. The van der Waals surface area contributed by atoms with E-state index >= 15 is 0 Å². The summed E-state index contributed by atoms with van der Waals surface area (Å²) in [7, 11) is 0. The van der Waals surface area contributed by atoms with Gasteiger partial charge in [-0.25, -0.2) is 4.98 Å². The van der Waals surface area contributed by atoms with Gasteiger partial charge in [-0.2, -0.15) is 0 Å². The van der Waals surface area contributed by atoms with E-state index in [0.29, 0.717) is 6.04 Å². The molecule has 2 heterocycles. The first kappa shape index (κ1) is 13.9. The van der Waals surface area contributed by atoms with Gasteiger partial charge in [0.2, 0.25) is 5.95 Å². The zero-order valence-electron chi connectivity index (χ0n) is 12.8. The van der Waals surface area contributed by atoms with Crippen molar-refractivity contribution in [2.75, 3.05) is 31.1 Å². The Morgan fingerprint density at radius 1 is 1.15 bits per heavy atom. The van der Waals surface area contributed by atoms with Crippen LogP contribution in [0.4, 0.5) is 5.95 Å². The van der Waals surface area contributed by atoms with Crippen molar-refractivity contribution in [3.63, 3.8) is 0 Å². The van der Waals surface area contributed by atoms with Gasteiger partial charge in [0.25, 0.3) is 0 Å². The lowest BCUT2D eigenvalue weighted by molar-refractivity contribution is 0.353. The molecule has 1 aromatic heterocycles. The number of nitrogens with zero attached hydrogens (tertiary/aromatic N) is 3. The molecular weight excluding hydrogens is 248 g/mol. The van der Waals surface area contributed by atoms with E-state index in [9.17, 15) is 0 Å². The van der Waals surface area contributed by atoms with E-state index in [2.05, 4.69) is 27.9 Å². The fourth-order valence-corrected chi connectivity index (χ4v) is 3.51. The van der Waals surface area contributed by atoms with Crippen LogP contribution in [0.2, 0.25) is 0 Å². The predicted octanol–water partition coefficient (Wildman–Crippen LogP) is 2.75. The minimum Gasteiger partial charge on any atom is -0.341 e. The third-order valence-electron chi connectivity index (χ3n) is 4.72. The Morgan fingerprint density at radius 3 is 2.80 bits per heavy atom. The van der Waals surface area contributed by atoms with Crippen LogP contribution in [0.25, 0.3) is 0 Å². The Kier molecular flexibility index (Phi) is 4.61. The second-order valence-corrected chi connectivity index (χ2v) is 6.18. The molecular formula is C16H28N4. The summed E-state index contributed by atoms with van der Waals surface area (Å²) in [6.07, 6.45) is 11.4. The minimum atomic E-state index is 0.683. The summed E-state index contributed by atoms with van der Waals surface area (Å²) in [6.45, 7) is 6.66. The van der Waals surface area contributed by atoms with Gasteiger partial charge in [-0.3, -0.25) is 0 Å². The van der Waals surface area contributed by atoms with E-state index < -0.39 is 0 Å². The van der Waals surface area contributed by atoms with Gasteiger partial charge >= 0.3 is 0 Å². The van der Waals surface area contributed by atoms with Crippen LogP contribution in [0.15, 0.2) is 6.20 Å². The number of rotatable bonds is 3. The molecule has 0 spiro atoms. The van der Waals surface area contributed by atoms with Crippen LogP contribution in [-0.4, -0.2) is 35.7 Å². The monoisotopic (exact) mass is 276 g/mol. The molecule has 20 heavy (non-hydrogen) atoms. The van der Waals surface area contributed by atoms with Gasteiger partial charge in [0.05, 0.1) is 5.69 Å². The SMILES string of the molecule is CCc1cn(C2CCCCC2)c(N2CCCNCC2)n1. The van der Waals surface area contributed by atoms with Crippen molar-refractivity contribution in [2.24, 2.45) is 0 Å².